The second kappa shape index (κ2) is 4.71. The average molecular weight is 250 g/mol. The standard InChI is InChI=1S/C12H14N2O2S/c1-2-9-17(15,16)14-12-7-3-6-11-10(12)5-4-8-13-11/h3-8,14H,2,9H2,1H3. The van der Waals surface area contributed by atoms with Crippen LogP contribution in [-0.4, -0.2) is 19.2 Å². The van der Waals surface area contributed by atoms with Gasteiger partial charge in [0.25, 0.3) is 0 Å². The summed E-state index contributed by atoms with van der Waals surface area (Å²) in [7, 11) is -3.25. The molecule has 1 N–H and O–H groups in total. The van der Waals surface area contributed by atoms with Crippen molar-refractivity contribution in [3.63, 3.8) is 0 Å². The van der Waals surface area contributed by atoms with Gasteiger partial charge in [-0.3, -0.25) is 9.71 Å². The Labute approximate surface area is 101 Å². The molecular formula is C12H14N2O2S. The van der Waals surface area contributed by atoms with Crippen LogP contribution in [0.15, 0.2) is 36.5 Å². The van der Waals surface area contributed by atoms with Crippen molar-refractivity contribution in [3.8, 4) is 0 Å². The molecule has 2 aromatic rings. The summed E-state index contributed by atoms with van der Waals surface area (Å²) in [5, 5.41) is 0.815. The van der Waals surface area contributed by atoms with Gasteiger partial charge in [-0.05, 0) is 30.7 Å². The highest BCUT2D eigenvalue weighted by Gasteiger charge is 2.10. The molecule has 0 unspecified atom stereocenters. The topological polar surface area (TPSA) is 59.1 Å². The quantitative estimate of drug-likeness (QED) is 0.906. The maximum Gasteiger partial charge on any atom is 0.232 e. The zero-order valence-corrected chi connectivity index (χ0v) is 10.4. The van der Waals surface area contributed by atoms with E-state index in [9.17, 15) is 8.42 Å². The van der Waals surface area contributed by atoms with E-state index in [1.807, 2.05) is 19.1 Å². The summed E-state index contributed by atoms with van der Waals surface area (Å²) in [4.78, 5) is 4.18. The number of hydrogen-bond donors (Lipinski definition) is 1. The first-order valence-electron chi connectivity index (χ1n) is 5.46. The van der Waals surface area contributed by atoms with E-state index >= 15 is 0 Å². The molecule has 0 aliphatic carbocycles. The van der Waals surface area contributed by atoms with Crippen LogP contribution in [0.3, 0.4) is 0 Å². The highest BCUT2D eigenvalue weighted by Crippen LogP contribution is 2.22. The van der Waals surface area contributed by atoms with E-state index in [0.29, 0.717) is 12.1 Å². The second-order valence-corrected chi connectivity index (χ2v) is 5.64. The molecule has 0 bridgehead atoms. The minimum Gasteiger partial charge on any atom is -0.283 e. The Kier molecular flexibility index (Phi) is 3.28. The summed E-state index contributed by atoms with van der Waals surface area (Å²) < 4.78 is 26.0. The van der Waals surface area contributed by atoms with Crippen molar-refractivity contribution in [2.45, 2.75) is 13.3 Å². The van der Waals surface area contributed by atoms with E-state index in [0.717, 1.165) is 10.9 Å². The number of nitrogens with zero attached hydrogens (tertiary/aromatic N) is 1. The summed E-state index contributed by atoms with van der Waals surface area (Å²) in [6.07, 6.45) is 2.28. The van der Waals surface area contributed by atoms with Crippen molar-refractivity contribution < 1.29 is 8.42 Å². The fourth-order valence-corrected chi connectivity index (χ4v) is 2.83. The third-order valence-corrected chi connectivity index (χ3v) is 3.86. The van der Waals surface area contributed by atoms with Crippen LogP contribution in [0.5, 0.6) is 0 Å². The molecule has 0 aliphatic rings. The molecule has 1 aromatic carbocycles. The fraction of sp³-hybridized carbons (Fsp3) is 0.250. The van der Waals surface area contributed by atoms with Crippen molar-refractivity contribution in [3.05, 3.63) is 36.5 Å². The summed E-state index contributed by atoms with van der Waals surface area (Å²) in [5.41, 5.74) is 1.37. The number of aromatic nitrogens is 1. The van der Waals surface area contributed by atoms with Gasteiger partial charge in [0.05, 0.1) is 17.0 Å². The molecule has 4 nitrogen and oxygen atoms in total. The van der Waals surface area contributed by atoms with E-state index < -0.39 is 10.0 Å². The molecule has 0 saturated carbocycles. The van der Waals surface area contributed by atoms with Crippen LogP contribution in [0, 0.1) is 0 Å². The number of hydrogen-bond acceptors (Lipinski definition) is 3. The molecule has 0 amide bonds. The van der Waals surface area contributed by atoms with Crippen molar-refractivity contribution in [1.82, 2.24) is 4.98 Å². The van der Waals surface area contributed by atoms with Gasteiger partial charge in [-0.15, -0.1) is 0 Å². The zero-order chi connectivity index (χ0) is 12.3. The van der Waals surface area contributed by atoms with Gasteiger partial charge in [-0.25, -0.2) is 8.42 Å². The molecule has 0 fully saturated rings. The SMILES string of the molecule is CCCS(=O)(=O)Nc1cccc2ncccc12. The Balaban J connectivity index is 2.43. The second-order valence-electron chi connectivity index (χ2n) is 3.80. The lowest BCUT2D eigenvalue weighted by molar-refractivity contribution is 0.600. The summed E-state index contributed by atoms with van der Waals surface area (Å²) >= 11 is 0. The van der Waals surface area contributed by atoms with Crippen LogP contribution >= 0.6 is 0 Å². The maximum atomic E-state index is 11.7. The number of benzene rings is 1. The molecule has 2 rings (SSSR count). The van der Waals surface area contributed by atoms with Gasteiger partial charge < -0.3 is 0 Å². The van der Waals surface area contributed by atoms with Crippen molar-refractivity contribution >= 4 is 26.6 Å². The highest BCUT2D eigenvalue weighted by molar-refractivity contribution is 7.92. The molecule has 1 aromatic heterocycles. The summed E-state index contributed by atoms with van der Waals surface area (Å²) in [6.45, 7) is 1.84. The van der Waals surface area contributed by atoms with Crippen LogP contribution < -0.4 is 4.72 Å². The number of fused-ring (bicyclic) bond motifs is 1. The first-order chi connectivity index (χ1) is 8.12. The first-order valence-corrected chi connectivity index (χ1v) is 7.12. The van der Waals surface area contributed by atoms with Gasteiger partial charge in [-0.2, -0.15) is 0 Å². The van der Waals surface area contributed by atoms with Crippen LogP contribution in [0.1, 0.15) is 13.3 Å². The third-order valence-electron chi connectivity index (χ3n) is 2.38. The minimum absolute atomic E-state index is 0.129. The van der Waals surface area contributed by atoms with Crippen molar-refractivity contribution in [2.24, 2.45) is 0 Å². The molecule has 0 spiro atoms. The average Bonchev–Trinajstić information content (AvgIpc) is 2.29. The van der Waals surface area contributed by atoms with E-state index in [4.69, 9.17) is 0 Å². The molecule has 0 radical (unpaired) electrons. The lowest BCUT2D eigenvalue weighted by atomic mass is 10.2. The predicted octanol–water partition coefficient (Wildman–Crippen LogP) is 2.39. The van der Waals surface area contributed by atoms with Gasteiger partial charge in [0.1, 0.15) is 0 Å². The lowest BCUT2D eigenvalue weighted by Crippen LogP contribution is -2.16. The molecule has 17 heavy (non-hydrogen) atoms. The first kappa shape index (κ1) is 11.9. The molecule has 0 aliphatic heterocycles. The number of sulfonamides is 1. The normalized spacial score (nSPS) is 11.6. The lowest BCUT2D eigenvalue weighted by Gasteiger charge is -2.09. The van der Waals surface area contributed by atoms with E-state index in [1.54, 1.807) is 24.4 Å². The van der Waals surface area contributed by atoms with Crippen molar-refractivity contribution in [1.29, 1.82) is 0 Å². The van der Waals surface area contributed by atoms with Gasteiger partial charge in [0.15, 0.2) is 0 Å². The largest absolute Gasteiger partial charge is 0.283 e. The predicted molar refractivity (Wildman–Crippen MR) is 69.4 cm³/mol. The van der Waals surface area contributed by atoms with Crippen molar-refractivity contribution in [2.75, 3.05) is 10.5 Å². The van der Waals surface area contributed by atoms with Crippen LogP contribution in [0.4, 0.5) is 5.69 Å². The molecule has 0 saturated heterocycles. The van der Waals surface area contributed by atoms with E-state index in [1.165, 1.54) is 0 Å². The summed E-state index contributed by atoms with van der Waals surface area (Å²) in [6, 6.07) is 9.04. The van der Waals surface area contributed by atoms with Crippen LogP contribution in [-0.2, 0) is 10.0 Å². The van der Waals surface area contributed by atoms with Gasteiger partial charge >= 0.3 is 0 Å². The number of rotatable bonds is 4. The maximum absolute atomic E-state index is 11.7. The minimum atomic E-state index is -3.25. The van der Waals surface area contributed by atoms with E-state index in [-0.39, 0.29) is 5.75 Å². The van der Waals surface area contributed by atoms with E-state index in [2.05, 4.69) is 9.71 Å². The Hall–Kier alpha value is -1.62. The van der Waals surface area contributed by atoms with Gasteiger partial charge in [0, 0.05) is 11.6 Å². The number of anilines is 1. The molecule has 1 heterocycles. The number of pyridine rings is 1. The smallest absolute Gasteiger partial charge is 0.232 e. The Morgan fingerprint density at radius 3 is 2.82 bits per heavy atom. The highest BCUT2D eigenvalue weighted by atomic mass is 32.2. The molecule has 90 valence electrons. The Bertz CT molecular complexity index is 618. The number of nitrogens with one attached hydrogen (secondary N) is 1. The van der Waals surface area contributed by atoms with Gasteiger partial charge in [0.2, 0.25) is 10.0 Å². The third kappa shape index (κ3) is 2.74. The molecular weight excluding hydrogens is 236 g/mol. The molecule has 0 atom stereocenters. The zero-order valence-electron chi connectivity index (χ0n) is 9.55. The molecule has 5 heteroatoms. The monoisotopic (exact) mass is 250 g/mol. The Morgan fingerprint density at radius 1 is 1.24 bits per heavy atom. The van der Waals surface area contributed by atoms with Crippen LogP contribution in [0.25, 0.3) is 10.9 Å². The van der Waals surface area contributed by atoms with Crippen LogP contribution in [0.2, 0.25) is 0 Å². The summed E-state index contributed by atoms with van der Waals surface area (Å²) in [5.74, 6) is 0.129. The van der Waals surface area contributed by atoms with Gasteiger partial charge in [-0.1, -0.05) is 13.0 Å². The fourth-order valence-electron chi connectivity index (χ4n) is 1.68. The Morgan fingerprint density at radius 2 is 2.06 bits per heavy atom.